The Morgan fingerprint density at radius 2 is 2.11 bits per heavy atom. The average Bonchev–Trinajstić information content (AvgIpc) is 2.32. The van der Waals surface area contributed by atoms with Crippen LogP contribution in [0, 0.1) is 0 Å². The standard InChI is InChI=1S/C13H11BrClNO2/c1-3-16-6-9(7(2)17)13(18)8-4-10(14)11(15)5-12(8)16/h4-6H,3H2,1-2H3. The highest BCUT2D eigenvalue weighted by Gasteiger charge is 2.13. The van der Waals surface area contributed by atoms with E-state index in [1.807, 2.05) is 11.5 Å². The molecule has 0 unspecified atom stereocenters. The summed E-state index contributed by atoms with van der Waals surface area (Å²) < 4.78 is 2.50. The molecule has 0 saturated carbocycles. The Balaban J connectivity index is 2.99. The van der Waals surface area contributed by atoms with E-state index in [9.17, 15) is 9.59 Å². The van der Waals surface area contributed by atoms with Crippen LogP contribution in [0.25, 0.3) is 10.9 Å². The molecule has 3 nitrogen and oxygen atoms in total. The van der Waals surface area contributed by atoms with Gasteiger partial charge in [-0.1, -0.05) is 11.6 Å². The number of Topliss-reactive ketones (excluding diaryl/α,β-unsaturated/α-hetero) is 1. The smallest absolute Gasteiger partial charge is 0.200 e. The number of fused-ring (bicyclic) bond motifs is 1. The summed E-state index contributed by atoms with van der Waals surface area (Å²) in [6.07, 6.45) is 1.59. The maximum absolute atomic E-state index is 12.2. The van der Waals surface area contributed by atoms with Gasteiger partial charge in [-0.3, -0.25) is 9.59 Å². The summed E-state index contributed by atoms with van der Waals surface area (Å²) in [6, 6.07) is 3.40. The number of aromatic nitrogens is 1. The van der Waals surface area contributed by atoms with Gasteiger partial charge in [-0.05, 0) is 41.9 Å². The molecule has 0 aliphatic rings. The molecule has 0 fully saturated rings. The van der Waals surface area contributed by atoms with Gasteiger partial charge in [0.25, 0.3) is 0 Å². The van der Waals surface area contributed by atoms with E-state index in [-0.39, 0.29) is 16.8 Å². The molecular weight excluding hydrogens is 318 g/mol. The Hall–Kier alpha value is -1.13. The van der Waals surface area contributed by atoms with Gasteiger partial charge in [-0.25, -0.2) is 0 Å². The van der Waals surface area contributed by atoms with Crippen molar-refractivity contribution in [2.45, 2.75) is 20.4 Å². The molecule has 1 heterocycles. The van der Waals surface area contributed by atoms with E-state index in [1.165, 1.54) is 6.92 Å². The minimum absolute atomic E-state index is 0.207. The number of carbonyl (C=O) groups excluding carboxylic acids is 1. The number of carbonyl (C=O) groups is 1. The highest BCUT2D eigenvalue weighted by molar-refractivity contribution is 9.10. The summed E-state index contributed by atoms with van der Waals surface area (Å²) in [4.78, 5) is 23.7. The van der Waals surface area contributed by atoms with Gasteiger partial charge >= 0.3 is 0 Å². The van der Waals surface area contributed by atoms with E-state index in [4.69, 9.17) is 11.6 Å². The number of ketones is 1. The van der Waals surface area contributed by atoms with Crippen molar-refractivity contribution in [1.29, 1.82) is 0 Å². The average molecular weight is 329 g/mol. The molecule has 0 saturated heterocycles. The van der Waals surface area contributed by atoms with Crippen molar-refractivity contribution >= 4 is 44.2 Å². The van der Waals surface area contributed by atoms with E-state index in [0.717, 1.165) is 5.52 Å². The molecule has 1 aromatic heterocycles. The van der Waals surface area contributed by atoms with Crippen LogP contribution < -0.4 is 5.43 Å². The number of rotatable bonds is 2. The van der Waals surface area contributed by atoms with E-state index >= 15 is 0 Å². The van der Waals surface area contributed by atoms with Crippen LogP contribution in [0.1, 0.15) is 24.2 Å². The van der Waals surface area contributed by atoms with Gasteiger partial charge in [0.1, 0.15) is 0 Å². The lowest BCUT2D eigenvalue weighted by molar-refractivity contribution is 0.101. The third-order valence-electron chi connectivity index (χ3n) is 2.84. The van der Waals surface area contributed by atoms with E-state index in [2.05, 4.69) is 15.9 Å². The number of hydrogen-bond acceptors (Lipinski definition) is 2. The fourth-order valence-electron chi connectivity index (χ4n) is 1.90. The Morgan fingerprint density at radius 3 is 2.67 bits per heavy atom. The number of benzene rings is 1. The van der Waals surface area contributed by atoms with Gasteiger partial charge in [0.05, 0.1) is 16.1 Å². The minimum atomic E-state index is -0.250. The Morgan fingerprint density at radius 1 is 1.44 bits per heavy atom. The molecule has 0 amide bonds. The number of aryl methyl sites for hydroxylation is 1. The van der Waals surface area contributed by atoms with Crippen LogP contribution in [-0.2, 0) is 6.54 Å². The summed E-state index contributed by atoms with van der Waals surface area (Å²) >= 11 is 9.34. The van der Waals surface area contributed by atoms with Gasteiger partial charge in [0.15, 0.2) is 11.2 Å². The van der Waals surface area contributed by atoms with E-state index in [1.54, 1.807) is 18.3 Å². The maximum atomic E-state index is 12.2. The molecule has 0 bridgehead atoms. The topological polar surface area (TPSA) is 39.1 Å². The molecular formula is C13H11BrClNO2. The Bertz CT molecular complexity index is 706. The van der Waals surface area contributed by atoms with Crippen LogP contribution in [0.2, 0.25) is 5.02 Å². The van der Waals surface area contributed by atoms with Gasteiger partial charge in [0.2, 0.25) is 0 Å². The number of nitrogens with zero attached hydrogens (tertiary/aromatic N) is 1. The molecule has 1 aromatic carbocycles. The second kappa shape index (κ2) is 4.86. The summed E-state index contributed by atoms with van der Waals surface area (Å²) in [7, 11) is 0. The lowest BCUT2D eigenvalue weighted by Gasteiger charge is -2.11. The zero-order valence-corrected chi connectivity index (χ0v) is 12.3. The molecule has 0 aliphatic carbocycles. The summed E-state index contributed by atoms with van der Waals surface area (Å²) in [6.45, 7) is 4.01. The molecule has 2 aromatic rings. The van der Waals surface area contributed by atoms with Crippen LogP contribution in [-0.4, -0.2) is 10.4 Å². The highest BCUT2D eigenvalue weighted by Crippen LogP contribution is 2.27. The third kappa shape index (κ3) is 2.10. The zero-order chi connectivity index (χ0) is 13.4. The molecule has 0 spiro atoms. The summed E-state index contributed by atoms with van der Waals surface area (Å²) in [5, 5.41) is 1.04. The van der Waals surface area contributed by atoms with Crippen LogP contribution in [0.4, 0.5) is 0 Å². The van der Waals surface area contributed by atoms with Crippen LogP contribution in [0.5, 0.6) is 0 Å². The van der Waals surface area contributed by atoms with Crippen molar-refractivity contribution in [1.82, 2.24) is 4.57 Å². The predicted octanol–water partition coefficient (Wildman–Crippen LogP) is 3.64. The lowest BCUT2D eigenvalue weighted by atomic mass is 10.1. The van der Waals surface area contributed by atoms with E-state index in [0.29, 0.717) is 21.4 Å². The molecule has 94 valence electrons. The predicted molar refractivity (Wildman–Crippen MR) is 76.6 cm³/mol. The monoisotopic (exact) mass is 327 g/mol. The van der Waals surface area contributed by atoms with Crippen LogP contribution >= 0.6 is 27.5 Å². The van der Waals surface area contributed by atoms with Crippen LogP contribution in [0.3, 0.4) is 0 Å². The zero-order valence-electron chi connectivity index (χ0n) is 9.96. The first-order valence-electron chi connectivity index (χ1n) is 5.48. The van der Waals surface area contributed by atoms with Gasteiger partial charge in [-0.15, -0.1) is 0 Å². The van der Waals surface area contributed by atoms with Crippen molar-refractivity contribution in [2.75, 3.05) is 0 Å². The molecule has 2 rings (SSSR count). The number of pyridine rings is 1. The number of halogens is 2. The van der Waals surface area contributed by atoms with Crippen molar-refractivity contribution in [3.63, 3.8) is 0 Å². The second-order valence-corrected chi connectivity index (χ2v) is 5.26. The third-order valence-corrected chi connectivity index (χ3v) is 4.04. The molecule has 0 atom stereocenters. The fraction of sp³-hybridized carbons (Fsp3) is 0.231. The van der Waals surface area contributed by atoms with Gasteiger partial charge in [-0.2, -0.15) is 0 Å². The normalized spacial score (nSPS) is 10.9. The SMILES string of the molecule is CCn1cc(C(C)=O)c(=O)c2cc(Br)c(Cl)cc21. The van der Waals surface area contributed by atoms with Gasteiger partial charge in [0, 0.05) is 22.6 Å². The van der Waals surface area contributed by atoms with Crippen molar-refractivity contribution < 1.29 is 4.79 Å². The first-order chi connectivity index (χ1) is 8.45. The second-order valence-electron chi connectivity index (χ2n) is 4.00. The molecule has 18 heavy (non-hydrogen) atoms. The Labute approximate surface area is 117 Å². The quantitative estimate of drug-likeness (QED) is 0.790. The Kier molecular flexibility index (Phi) is 3.59. The van der Waals surface area contributed by atoms with Gasteiger partial charge < -0.3 is 4.57 Å². The summed E-state index contributed by atoms with van der Waals surface area (Å²) in [5.41, 5.74) is 0.693. The molecule has 0 N–H and O–H groups in total. The molecule has 0 aliphatic heterocycles. The van der Waals surface area contributed by atoms with Crippen molar-refractivity contribution in [2.24, 2.45) is 0 Å². The molecule has 0 radical (unpaired) electrons. The minimum Gasteiger partial charge on any atom is -0.347 e. The van der Waals surface area contributed by atoms with E-state index < -0.39 is 0 Å². The number of hydrogen-bond donors (Lipinski definition) is 0. The van der Waals surface area contributed by atoms with Crippen molar-refractivity contribution in [3.05, 3.63) is 43.6 Å². The largest absolute Gasteiger partial charge is 0.347 e. The first kappa shape index (κ1) is 13.3. The summed E-state index contributed by atoms with van der Waals surface area (Å²) in [5.74, 6) is -0.227. The first-order valence-corrected chi connectivity index (χ1v) is 6.66. The maximum Gasteiger partial charge on any atom is 0.200 e. The highest BCUT2D eigenvalue weighted by atomic mass is 79.9. The lowest BCUT2D eigenvalue weighted by Crippen LogP contribution is -2.17. The van der Waals surface area contributed by atoms with Crippen molar-refractivity contribution in [3.8, 4) is 0 Å². The van der Waals surface area contributed by atoms with Crippen LogP contribution in [0.15, 0.2) is 27.6 Å². The fourth-order valence-corrected chi connectivity index (χ4v) is 2.40. The molecule has 5 heteroatoms.